The van der Waals surface area contributed by atoms with Gasteiger partial charge in [0.15, 0.2) is 0 Å². The Hall–Kier alpha value is -2.56. The van der Waals surface area contributed by atoms with Gasteiger partial charge in [0, 0.05) is 24.8 Å². The zero-order valence-electron chi connectivity index (χ0n) is 11.8. The number of aromatic amines is 1. The van der Waals surface area contributed by atoms with E-state index in [0.717, 1.165) is 22.5 Å². The number of carbonyl (C=O) groups excluding carboxylic acids is 1. The summed E-state index contributed by atoms with van der Waals surface area (Å²) >= 11 is 0. The van der Waals surface area contributed by atoms with Crippen LogP contribution in [0.1, 0.15) is 35.1 Å². The van der Waals surface area contributed by atoms with Crippen LogP contribution in [0.5, 0.6) is 0 Å². The lowest BCUT2D eigenvalue weighted by molar-refractivity contribution is 0.102. The van der Waals surface area contributed by atoms with E-state index in [9.17, 15) is 4.79 Å². The van der Waals surface area contributed by atoms with Gasteiger partial charge in [0.25, 0.3) is 5.91 Å². The van der Waals surface area contributed by atoms with Crippen molar-refractivity contribution in [3.63, 3.8) is 0 Å². The molecule has 0 atom stereocenters. The number of rotatable bonds is 3. The van der Waals surface area contributed by atoms with Crippen LogP contribution in [0, 0.1) is 0 Å². The van der Waals surface area contributed by atoms with Gasteiger partial charge in [0.2, 0.25) is 0 Å². The zero-order valence-corrected chi connectivity index (χ0v) is 11.8. The van der Waals surface area contributed by atoms with Crippen LogP contribution in [-0.2, 0) is 7.05 Å². The largest absolute Gasteiger partial charge is 0.357 e. The Morgan fingerprint density at radius 2 is 2.24 bits per heavy atom. The molecule has 1 saturated carbocycles. The number of anilines is 1. The van der Waals surface area contributed by atoms with E-state index in [1.54, 1.807) is 18.3 Å². The molecular weight excluding hydrogens is 264 g/mol. The maximum absolute atomic E-state index is 12.0. The number of aryl methyl sites for hydroxylation is 1. The Labute approximate surface area is 122 Å². The summed E-state index contributed by atoms with van der Waals surface area (Å²) in [6, 6.07) is 9.42. The molecule has 2 heterocycles. The van der Waals surface area contributed by atoms with Crippen molar-refractivity contribution >= 4 is 22.6 Å². The topological polar surface area (TPSA) is 62.7 Å². The second-order valence-corrected chi connectivity index (χ2v) is 5.54. The standard InChI is InChI=1S/C16H16N4O/c1-20-14-7-6-11(18-16(21)12-3-2-8-17-12)9-13(14)19-15(20)10-4-5-10/h2-3,6-10,17H,4-5H2,1H3,(H,18,21). The third-order valence-corrected chi connectivity index (χ3v) is 3.96. The summed E-state index contributed by atoms with van der Waals surface area (Å²) in [5, 5.41) is 2.89. The normalized spacial score (nSPS) is 14.5. The van der Waals surface area contributed by atoms with Crippen LogP contribution in [0.3, 0.4) is 0 Å². The molecule has 1 amide bonds. The molecule has 5 nitrogen and oxygen atoms in total. The van der Waals surface area contributed by atoms with Crippen molar-refractivity contribution in [2.24, 2.45) is 7.05 Å². The fourth-order valence-corrected chi connectivity index (χ4v) is 2.67. The molecule has 0 spiro atoms. The van der Waals surface area contributed by atoms with Gasteiger partial charge in [0.05, 0.1) is 11.0 Å². The molecule has 2 aromatic heterocycles. The van der Waals surface area contributed by atoms with Gasteiger partial charge >= 0.3 is 0 Å². The maximum atomic E-state index is 12.0. The van der Waals surface area contributed by atoms with Crippen molar-refractivity contribution < 1.29 is 4.79 Å². The summed E-state index contributed by atoms with van der Waals surface area (Å²) in [6.45, 7) is 0. The molecule has 1 aromatic carbocycles. The molecule has 0 aliphatic heterocycles. The van der Waals surface area contributed by atoms with Crippen LogP contribution in [-0.4, -0.2) is 20.4 Å². The average Bonchev–Trinajstić information content (AvgIpc) is 3.06. The lowest BCUT2D eigenvalue weighted by atomic mass is 10.2. The van der Waals surface area contributed by atoms with Crippen molar-refractivity contribution in [2.75, 3.05) is 5.32 Å². The Morgan fingerprint density at radius 3 is 2.95 bits per heavy atom. The Bertz CT molecular complexity index is 812. The average molecular weight is 280 g/mol. The predicted octanol–water partition coefficient (Wildman–Crippen LogP) is 3.03. The first-order chi connectivity index (χ1) is 10.2. The van der Waals surface area contributed by atoms with E-state index in [1.165, 1.54) is 12.8 Å². The highest BCUT2D eigenvalue weighted by molar-refractivity contribution is 6.03. The van der Waals surface area contributed by atoms with Crippen LogP contribution in [0.25, 0.3) is 11.0 Å². The Morgan fingerprint density at radius 1 is 1.38 bits per heavy atom. The molecular formula is C16H16N4O. The molecule has 3 aromatic rings. The van der Waals surface area contributed by atoms with Crippen LogP contribution in [0.2, 0.25) is 0 Å². The smallest absolute Gasteiger partial charge is 0.272 e. The van der Waals surface area contributed by atoms with E-state index in [1.807, 2.05) is 18.2 Å². The van der Waals surface area contributed by atoms with E-state index < -0.39 is 0 Å². The van der Waals surface area contributed by atoms with Crippen molar-refractivity contribution in [1.29, 1.82) is 0 Å². The molecule has 21 heavy (non-hydrogen) atoms. The van der Waals surface area contributed by atoms with Gasteiger partial charge in [0.1, 0.15) is 11.5 Å². The number of fused-ring (bicyclic) bond motifs is 1. The molecule has 0 bridgehead atoms. The number of hydrogen-bond donors (Lipinski definition) is 2. The summed E-state index contributed by atoms with van der Waals surface area (Å²) in [6.07, 6.45) is 4.19. The van der Waals surface area contributed by atoms with Gasteiger partial charge in [-0.1, -0.05) is 0 Å². The minimum absolute atomic E-state index is 0.141. The molecule has 2 N–H and O–H groups in total. The molecule has 106 valence electrons. The van der Waals surface area contributed by atoms with E-state index in [4.69, 9.17) is 4.98 Å². The Balaban J connectivity index is 1.66. The fraction of sp³-hybridized carbons (Fsp3) is 0.250. The number of amides is 1. The van der Waals surface area contributed by atoms with Gasteiger partial charge in [-0.25, -0.2) is 4.98 Å². The molecule has 0 unspecified atom stereocenters. The lowest BCUT2D eigenvalue weighted by Crippen LogP contribution is -2.11. The van der Waals surface area contributed by atoms with Gasteiger partial charge in [-0.2, -0.15) is 0 Å². The highest BCUT2D eigenvalue weighted by Crippen LogP contribution is 2.40. The van der Waals surface area contributed by atoms with E-state index in [0.29, 0.717) is 11.6 Å². The first kappa shape index (κ1) is 12.2. The van der Waals surface area contributed by atoms with Crippen molar-refractivity contribution in [3.05, 3.63) is 48.0 Å². The van der Waals surface area contributed by atoms with Crippen LogP contribution < -0.4 is 5.32 Å². The predicted molar refractivity (Wildman–Crippen MR) is 81.4 cm³/mol. The highest BCUT2D eigenvalue weighted by atomic mass is 16.1. The molecule has 5 heteroatoms. The minimum atomic E-state index is -0.141. The van der Waals surface area contributed by atoms with Crippen molar-refractivity contribution in [3.8, 4) is 0 Å². The number of nitrogens with zero attached hydrogens (tertiary/aromatic N) is 2. The number of benzene rings is 1. The van der Waals surface area contributed by atoms with Crippen LogP contribution in [0.4, 0.5) is 5.69 Å². The molecule has 0 radical (unpaired) electrons. The molecule has 1 aliphatic carbocycles. The number of hydrogen-bond acceptors (Lipinski definition) is 2. The summed E-state index contributed by atoms with van der Waals surface area (Å²) in [5.74, 6) is 1.62. The number of nitrogens with one attached hydrogen (secondary N) is 2. The second-order valence-electron chi connectivity index (χ2n) is 5.54. The zero-order chi connectivity index (χ0) is 14.4. The van der Waals surface area contributed by atoms with E-state index in [2.05, 4.69) is 21.9 Å². The SMILES string of the molecule is Cn1c(C2CC2)nc2cc(NC(=O)c3ccc[nH]3)ccc21. The van der Waals surface area contributed by atoms with Crippen molar-refractivity contribution in [2.45, 2.75) is 18.8 Å². The van der Waals surface area contributed by atoms with Gasteiger partial charge in [-0.05, 0) is 43.2 Å². The number of H-pyrrole nitrogens is 1. The highest BCUT2D eigenvalue weighted by Gasteiger charge is 2.28. The third kappa shape index (κ3) is 2.11. The van der Waals surface area contributed by atoms with Crippen LogP contribution >= 0.6 is 0 Å². The van der Waals surface area contributed by atoms with Crippen LogP contribution in [0.15, 0.2) is 36.5 Å². The summed E-state index contributed by atoms with van der Waals surface area (Å²) in [4.78, 5) is 19.6. The summed E-state index contributed by atoms with van der Waals surface area (Å²) in [7, 11) is 2.06. The quantitative estimate of drug-likeness (QED) is 0.774. The maximum Gasteiger partial charge on any atom is 0.272 e. The van der Waals surface area contributed by atoms with Gasteiger partial charge in [-0.3, -0.25) is 4.79 Å². The summed E-state index contributed by atoms with van der Waals surface area (Å²) < 4.78 is 2.16. The lowest BCUT2D eigenvalue weighted by Gasteiger charge is -2.04. The van der Waals surface area contributed by atoms with E-state index >= 15 is 0 Å². The third-order valence-electron chi connectivity index (χ3n) is 3.96. The first-order valence-corrected chi connectivity index (χ1v) is 7.13. The van der Waals surface area contributed by atoms with E-state index in [-0.39, 0.29) is 5.91 Å². The minimum Gasteiger partial charge on any atom is -0.357 e. The van der Waals surface area contributed by atoms with Crippen molar-refractivity contribution in [1.82, 2.24) is 14.5 Å². The fourth-order valence-electron chi connectivity index (χ4n) is 2.67. The number of carbonyl (C=O) groups is 1. The van der Waals surface area contributed by atoms with Gasteiger partial charge < -0.3 is 14.9 Å². The first-order valence-electron chi connectivity index (χ1n) is 7.13. The molecule has 1 aliphatic rings. The molecule has 4 rings (SSSR count). The Kier molecular flexibility index (Phi) is 2.60. The second kappa shape index (κ2) is 4.48. The summed E-state index contributed by atoms with van der Waals surface area (Å²) in [5.41, 5.74) is 3.36. The monoisotopic (exact) mass is 280 g/mol. The number of imidazole rings is 1. The number of aromatic nitrogens is 3. The molecule has 1 fully saturated rings. The van der Waals surface area contributed by atoms with Gasteiger partial charge in [-0.15, -0.1) is 0 Å². The molecule has 0 saturated heterocycles.